The van der Waals surface area contributed by atoms with E-state index in [9.17, 15) is 14.9 Å². The number of halogens is 1. The van der Waals surface area contributed by atoms with Crippen LogP contribution in [0.25, 0.3) is 0 Å². The Morgan fingerprint density at radius 2 is 1.96 bits per heavy atom. The lowest BCUT2D eigenvalue weighted by Gasteiger charge is -2.03. The van der Waals surface area contributed by atoms with Crippen molar-refractivity contribution in [3.8, 4) is 0 Å². The predicted octanol–water partition coefficient (Wildman–Crippen LogP) is 4.96. The third kappa shape index (κ3) is 5.51. The van der Waals surface area contributed by atoms with E-state index in [2.05, 4.69) is 15.5 Å². The first-order valence-electron chi connectivity index (χ1n) is 8.25. The molecule has 3 rings (SSSR count). The fourth-order valence-corrected chi connectivity index (χ4v) is 4.53. The van der Waals surface area contributed by atoms with Gasteiger partial charge in [-0.15, -0.1) is 10.2 Å². The van der Waals surface area contributed by atoms with Gasteiger partial charge in [-0.2, -0.15) is 0 Å². The number of thioether (sulfide) groups is 1. The van der Waals surface area contributed by atoms with E-state index in [0.29, 0.717) is 32.9 Å². The number of anilines is 1. The molecule has 0 fully saturated rings. The van der Waals surface area contributed by atoms with Crippen molar-refractivity contribution in [3.05, 3.63) is 74.8 Å². The van der Waals surface area contributed by atoms with Crippen molar-refractivity contribution in [3.63, 3.8) is 0 Å². The highest BCUT2D eigenvalue weighted by molar-refractivity contribution is 8.00. The van der Waals surface area contributed by atoms with E-state index in [1.807, 2.05) is 30.3 Å². The minimum atomic E-state index is -0.458. The molecule has 28 heavy (non-hydrogen) atoms. The maximum atomic E-state index is 12.1. The van der Waals surface area contributed by atoms with Gasteiger partial charge in [-0.3, -0.25) is 14.9 Å². The molecular formula is C18H15ClN4O3S2. The number of carbonyl (C=O) groups is 1. The van der Waals surface area contributed by atoms with Gasteiger partial charge in [-0.1, -0.05) is 71.1 Å². The summed E-state index contributed by atoms with van der Waals surface area (Å²) in [5, 5.41) is 22.6. The van der Waals surface area contributed by atoms with Gasteiger partial charge in [0.15, 0.2) is 4.34 Å². The molecule has 0 aliphatic heterocycles. The van der Waals surface area contributed by atoms with Crippen molar-refractivity contribution in [1.82, 2.24) is 10.2 Å². The van der Waals surface area contributed by atoms with Crippen LogP contribution in [0, 0.1) is 10.1 Å². The summed E-state index contributed by atoms with van der Waals surface area (Å²) in [5.74, 6) is 0.144. The minimum Gasteiger partial charge on any atom is -0.300 e. The van der Waals surface area contributed by atoms with Crippen molar-refractivity contribution in [1.29, 1.82) is 0 Å². The highest BCUT2D eigenvalue weighted by Crippen LogP contribution is 2.34. The molecule has 0 unspecified atom stereocenters. The van der Waals surface area contributed by atoms with Crippen LogP contribution in [0.1, 0.15) is 17.5 Å². The van der Waals surface area contributed by atoms with Gasteiger partial charge in [-0.25, -0.2) is 0 Å². The molecule has 0 saturated heterocycles. The summed E-state index contributed by atoms with van der Waals surface area (Å²) in [6.45, 7) is 0. The molecule has 0 aliphatic rings. The zero-order valence-corrected chi connectivity index (χ0v) is 16.9. The smallest absolute Gasteiger partial charge is 0.274 e. The van der Waals surface area contributed by atoms with E-state index in [0.717, 1.165) is 5.56 Å². The average Bonchev–Trinajstić information content (AvgIpc) is 3.13. The normalized spacial score (nSPS) is 10.6. The van der Waals surface area contributed by atoms with Gasteiger partial charge >= 0.3 is 0 Å². The standard InChI is InChI=1S/C18H15ClN4O3S2/c19-14-7-4-8-15(23(25)26)13(14)11-27-18-22-21-17(28-18)20-16(24)10-9-12-5-2-1-3-6-12/h1-8H,9-11H2,(H,20,21,24). The summed E-state index contributed by atoms with van der Waals surface area (Å²) in [7, 11) is 0. The van der Waals surface area contributed by atoms with Crippen molar-refractivity contribution >= 4 is 51.4 Å². The summed E-state index contributed by atoms with van der Waals surface area (Å²) in [6.07, 6.45) is 0.987. The molecule has 3 aromatic rings. The molecule has 0 spiro atoms. The van der Waals surface area contributed by atoms with Crippen LogP contribution in [0.4, 0.5) is 10.8 Å². The molecular weight excluding hydrogens is 420 g/mol. The van der Waals surface area contributed by atoms with E-state index >= 15 is 0 Å². The molecule has 1 N–H and O–H groups in total. The first-order chi connectivity index (χ1) is 13.5. The SMILES string of the molecule is O=C(CCc1ccccc1)Nc1nnc(SCc2c(Cl)cccc2[N+](=O)[O-])s1. The highest BCUT2D eigenvalue weighted by Gasteiger charge is 2.18. The van der Waals surface area contributed by atoms with Crippen molar-refractivity contribution in [2.75, 3.05) is 5.32 Å². The Morgan fingerprint density at radius 3 is 2.71 bits per heavy atom. The van der Waals surface area contributed by atoms with E-state index in [1.165, 1.54) is 29.2 Å². The van der Waals surface area contributed by atoms with Gasteiger partial charge in [0.05, 0.1) is 15.5 Å². The number of carbonyl (C=O) groups excluding carboxylic acids is 1. The summed E-state index contributed by atoms with van der Waals surface area (Å²) < 4.78 is 0.590. The number of aryl methyl sites for hydroxylation is 1. The van der Waals surface area contributed by atoms with Crippen molar-refractivity contribution in [2.24, 2.45) is 0 Å². The molecule has 144 valence electrons. The minimum absolute atomic E-state index is 0.0287. The highest BCUT2D eigenvalue weighted by atomic mass is 35.5. The maximum absolute atomic E-state index is 12.1. The van der Waals surface area contributed by atoms with Crippen LogP contribution >= 0.6 is 34.7 Å². The fourth-order valence-electron chi connectivity index (χ4n) is 2.40. The zero-order valence-electron chi connectivity index (χ0n) is 14.5. The predicted molar refractivity (Wildman–Crippen MR) is 111 cm³/mol. The van der Waals surface area contributed by atoms with Crippen LogP contribution in [0.3, 0.4) is 0 Å². The Hall–Kier alpha value is -2.49. The first-order valence-corrected chi connectivity index (χ1v) is 10.4. The third-order valence-corrected chi connectivity index (χ3v) is 6.12. The summed E-state index contributed by atoms with van der Waals surface area (Å²) >= 11 is 8.59. The van der Waals surface area contributed by atoms with Crippen LogP contribution in [-0.2, 0) is 17.0 Å². The van der Waals surface area contributed by atoms with Crippen molar-refractivity contribution in [2.45, 2.75) is 22.9 Å². The maximum Gasteiger partial charge on any atom is 0.274 e. The molecule has 0 aliphatic carbocycles. The zero-order chi connectivity index (χ0) is 19.9. The average molecular weight is 435 g/mol. The number of nitro benzene ring substituents is 1. The van der Waals surface area contributed by atoms with E-state index < -0.39 is 4.92 Å². The second-order valence-electron chi connectivity index (χ2n) is 5.69. The Bertz CT molecular complexity index is 982. The second kappa shape index (κ2) is 9.63. The fraction of sp³-hybridized carbons (Fsp3) is 0.167. The molecule has 10 heteroatoms. The molecule has 7 nitrogen and oxygen atoms in total. The molecule has 1 amide bonds. The van der Waals surface area contributed by atoms with Crippen molar-refractivity contribution < 1.29 is 9.72 Å². The van der Waals surface area contributed by atoms with Gasteiger partial charge in [0, 0.05) is 18.2 Å². The number of amides is 1. The number of nitro groups is 1. The Balaban J connectivity index is 1.55. The number of hydrogen-bond acceptors (Lipinski definition) is 7. The van der Waals surface area contributed by atoms with Gasteiger partial charge < -0.3 is 5.32 Å². The topological polar surface area (TPSA) is 98.0 Å². The number of nitrogens with one attached hydrogen (secondary N) is 1. The molecule has 2 aromatic carbocycles. The van der Waals surface area contributed by atoms with Crippen LogP contribution in [0.2, 0.25) is 5.02 Å². The first kappa shape index (κ1) is 20.2. The van der Waals surface area contributed by atoms with Crippen LogP contribution in [-0.4, -0.2) is 21.0 Å². The molecule has 0 bridgehead atoms. The third-order valence-electron chi connectivity index (χ3n) is 3.77. The van der Waals surface area contributed by atoms with Crippen LogP contribution in [0.5, 0.6) is 0 Å². The lowest BCUT2D eigenvalue weighted by atomic mass is 10.1. The van der Waals surface area contributed by atoms with E-state index in [-0.39, 0.29) is 17.3 Å². The van der Waals surface area contributed by atoms with E-state index in [1.54, 1.807) is 12.1 Å². The molecule has 1 heterocycles. The molecule has 1 aromatic heterocycles. The van der Waals surface area contributed by atoms with Gasteiger partial charge in [-0.05, 0) is 18.1 Å². The Morgan fingerprint density at radius 1 is 1.18 bits per heavy atom. The lowest BCUT2D eigenvalue weighted by molar-refractivity contribution is -0.385. The monoisotopic (exact) mass is 434 g/mol. The lowest BCUT2D eigenvalue weighted by Crippen LogP contribution is -2.12. The van der Waals surface area contributed by atoms with E-state index in [4.69, 9.17) is 11.6 Å². The number of hydrogen-bond donors (Lipinski definition) is 1. The molecule has 0 radical (unpaired) electrons. The molecule has 0 atom stereocenters. The number of benzene rings is 2. The quantitative estimate of drug-likeness (QED) is 0.233. The van der Waals surface area contributed by atoms with Gasteiger partial charge in [0.25, 0.3) is 5.69 Å². The van der Waals surface area contributed by atoms with Gasteiger partial charge in [0.1, 0.15) is 0 Å². The largest absolute Gasteiger partial charge is 0.300 e. The number of aromatic nitrogens is 2. The van der Waals surface area contributed by atoms with Crippen LogP contribution in [0.15, 0.2) is 52.9 Å². The van der Waals surface area contributed by atoms with Gasteiger partial charge in [0.2, 0.25) is 11.0 Å². The Labute approximate surface area is 174 Å². The number of nitrogens with zero attached hydrogens (tertiary/aromatic N) is 3. The molecule has 0 saturated carbocycles. The Kier molecular flexibility index (Phi) is 6.96. The summed E-state index contributed by atoms with van der Waals surface area (Å²) in [6, 6.07) is 14.3. The second-order valence-corrected chi connectivity index (χ2v) is 8.30. The van der Waals surface area contributed by atoms with Crippen LogP contribution < -0.4 is 5.32 Å². The summed E-state index contributed by atoms with van der Waals surface area (Å²) in [5.41, 5.74) is 1.49. The number of rotatable bonds is 8. The summed E-state index contributed by atoms with van der Waals surface area (Å²) in [4.78, 5) is 22.7.